The van der Waals surface area contributed by atoms with Gasteiger partial charge in [0.1, 0.15) is 11.5 Å². The molecule has 8 nitrogen and oxygen atoms in total. The lowest BCUT2D eigenvalue weighted by atomic mass is 9.78. The van der Waals surface area contributed by atoms with Gasteiger partial charge in [-0.25, -0.2) is 28.0 Å². The number of benzene rings is 4. The minimum absolute atomic E-state index is 0.150. The Morgan fingerprint density at radius 1 is 0.429 bits per heavy atom. The molecule has 0 aromatic heterocycles. The van der Waals surface area contributed by atoms with Crippen molar-refractivity contribution in [3.8, 4) is 23.0 Å². The molecule has 292 valence electrons. The van der Waals surface area contributed by atoms with Gasteiger partial charge >= 0.3 is 23.9 Å². The summed E-state index contributed by atoms with van der Waals surface area (Å²) in [4.78, 5) is 46.4. The normalized spacial score (nSPS) is 10.9. The van der Waals surface area contributed by atoms with Crippen LogP contribution >= 0.6 is 0 Å². The Balaban J connectivity index is 0.000000301. The quantitative estimate of drug-likeness (QED) is 0.0798. The van der Waals surface area contributed by atoms with Gasteiger partial charge in [-0.15, -0.1) is 0 Å². The number of halogens is 2. The van der Waals surface area contributed by atoms with E-state index < -0.39 is 40.9 Å². The summed E-state index contributed by atoms with van der Waals surface area (Å²) in [6.45, 7) is 27.9. The number of carbonyl (C=O) groups excluding carboxylic acids is 4. The van der Waals surface area contributed by atoms with Gasteiger partial charge in [-0.05, 0) is 98.5 Å². The Morgan fingerprint density at radius 3 is 0.946 bits per heavy atom. The Labute approximate surface area is 326 Å². The zero-order valence-corrected chi connectivity index (χ0v) is 32.9. The van der Waals surface area contributed by atoms with Crippen molar-refractivity contribution in [2.24, 2.45) is 0 Å². The van der Waals surface area contributed by atoms with Crippen LogP contribution in [0.1, 0.15) is 77.6 Å². The van der Waals surface area contributed by atoms with Crippen molar-refractivity contribution in [3.63, 3.8) is 0 Å². The Hall–Kier alpha value is -6.42. The zero-order valence-electron chi connectivity index (χ0n) is 32.9. The molecule has 4 aromatic rings. The second kappa shape index (κ2) is 18.3. The number of esters is 4. The van der Waals surface area contributed by atoms with Gasteiger partial charge in [0, 0.05) is 33.1 Å². The summed E-state index contributed by atoms with van der Waals surface area (Å²) in [5.41, 5.74) is 3.14. The standard InChI is InChI=1S/C23H22F2O4.C23H24O4/c1-13(2)21(26)28-19-9-7-15(11-17(19)24)23(5,6)16-8-10-20(18(25)12-16)29-22(27)14(3)4;1-15(2)21(24)26-19-11-7-17(8-12-19)23(5,6)18-9-13-20(14-10-18)27-22(25)16(3)4/h7-12H,1,3H2,2,4-6H3;7-14H,1,3H2,2,4-6H3. The summed E-state index contributed by atoms with van der Waals surface area (Å²) in [7, 11) is 0. The van der Waals surface area contributed by atoms with Crippen molar-refractivity contribution in [1.82, 2.24) is 0 Å². The van der Waals surface area contributed by atoms with Crippen molar-refractivity contribution in [2.75, 3.05) is 0 Å². The van der Waals surface area contributed by atoms with Crippen LogP contribution in [0.25, 0.3) is 0 Å². The van der Waals surface area contributed by atoms with E-state index >= 15 is 0 Å². The van der Waals surface area contributed by atoms with Crippen LogP contribution in [-0.2, 0) is 30.0 Å². The lowest BCUT2D eigenvalue weighted by Gasteiger charge is -2.26. The largest absolute Gasteiger partial charge is 0.423 e. The third-order valence-corrected chi connectivity index (χ3v) is 8.68. The monoisotopic (exact) mass is 764 g/mol. The highest BCUT2D eigenvalue weighted by Gasteiger charge is 2.27. The second-order valence-electron chi connectivity index (χ2n) is 14.3. The van der Waals surface area contributed by atoms with Crippen LogP contribution in [0.5, 0.6) is 23.0 Å². The molecule has 0 bridgehead atoms. The molecular formula is C46H46F2O8. The topological polar surface area (TPSA) is 105 Å². The molecule has 4 rings (SSSR count). The Morgan fingerprint density at radius 2 is 0.679 bits per heavy atom. The van der Waals surface area contributed by atoms with E-state index in [0.717, 1.165) is 11.1 Å². The first-order chi connectivity index (χ1) is 26.0. The molecule has 0 saturated heterocycles. The van der Waals surface area contributed by atoms with Gasteiger partial charge in [-0.3, -0.25) is 0 Å². The van der Waals surface area contributed by atoms with Crippen molar-refractivity contribution < 1.29 is 46.9 Å². The van der Waals surface area contributed by atoms with Gasteiger partial charge in [0.2, 0.25) is 0 Å². The summed E-state index contributed by atoms with van der Waals surface area (Å²) in [5.74, 6) is -3.26. The highest BCUT2D eigenvalue weighted by molar-refractivity contribution is 5.90. The molecule has 0 unspecified atom stereocenters. The average molecular weight is 765 g/mol. The van der Waals surface area contributed by atoms with Crippen molar-refractivity contribution in [1.29, 1.82) is 0 Å². The summed E-state index contributed by atoms with van der Waals surface area (Å²) < 4.78 is 49.2. The molecule has 0 aliphatic rings. The molecule has 0 aliphatic heterocycles. The Bertz CT molecular complexity index is 2040. The predicted molar refractivity (Wildman–Crippen MR) is 212 cm³/mol. The van der Waals surface area contributed by atoms with Crippen molar-refractivity contribution in [3.05, 3.63) is 167 Å². The van der Waals surface area contributed by atoms with Gasteiger partial charge in [0.15, 0.2) is 23.1 Å². The smallest absolute Gasteiger partial charge is 0.338 e. The van der Waals surface area contributed by atoms with E-state index in [-0.39, 0.29) is 28.1 Å². The van der Waals surface area contributed by atoms with E-state index in [1.54, 1.807) is 64.1 Å². The van der Waals surface area contributed by atoms with Crippen LogP contribution in [0.4, 0.5) is 8.78 Å². The third-order valence-electron chi connectivity index (χ3n) is 8.68. The molecule has 0 heterocycles. The molecule has 0 spiro atoms. The Kier molecular flexibility index (Phi) is 14.4. The predicted octanol–water partition coefficient (Wildman–Crippen LogP) is 10.2. The molecule has 0 N–H and O–H groups in total. The van der Waals surface area contributed by atoms with Crippen molar-refractivity contribution >= 4 is 23.9 Å². The van der Waals surface area contributed by atoms with Gasteiger partial charge in [0.25, 0.3) is 0 Å². The molecule has 10 heteroatoms. The number of hydrogen-bond acceptors (Lipinski definition) is 8. The van der Waals surface area contributed by atoms with E-state index in [4.69, 9.17) is 18.9 Å². The van der Waals surface area contributed by atoms with E-state index in [1.165, 1.54) is 38.1 Å². The summed E-state index contributed by atoms with van der Waals surface area (Å²) in [6, 6.07) is 23.1. The maximum atomic E-state index is 14.4. The van der Waals surface area contributed by atoms with Gasteiger partial charge in [-0.1, -0.05) is 90.4 Å². The molecule has 4 aromatic carbocycles. The number of carbonyl (C=O) groups is 4. The number of hydrogen-bond donors (Lipinski definition) is 0. The van der Waals surface area contributed by atoms with E-state index in [1.807, 2.05) is 24.3 Å². The van der Waals surface area contributed by atoms with Crippen LogP contribution in [0.3, 0.4) is 0 Å². The van der Waals surface area contributed by atoms with E-state index in [2.05, 4.69) is 40.2 Å². The van der Waals surface area contributed by atoms with Crippen molar-refractivity contribution in [2.45, 2.75) is 66.2 Å². The summed E-state index contributed by atoms with van der Waals surface area (Å²) in [5, 5.41) is 0. The fourth-order valence-electron chi connectivity index (χ4n) is 4.92. The van der Waals surface area contributed by atoms with Crippen LogP contribution < -0.4 is 18.9 Å². The first kappa shape index (κ1) is 44.0. The molecule has 0 fully saturated rings. The molecule has 0 aliphatic carbocycles. The molecule has 0 amide bonds. The van der Waals surface area contributed by atoms with Crippen LogP contribution in [0.15, 0.2) is 134 Å². The maximum absolute atomic E-state index is 14.4. The van der Waals surface area contributed by atoms with Crippen LogP contribution in [0.2, 0.25) is 0 Å². The number of ether oxygens (including phenoxy) is 4. The first-order valence-electron chi connectivity index (χ1n) is 17.4. The lowest BCUT2D eigenvalue weighted by Crippen LogP contribution is -2.20. The van der Waals surface area contributed by atoms with Crippen LogP contribution in [-0.4, -0.2) is 23.9 Å². The minimum Gasteiger partial charge on any atom is -0.423 e. The van der Waals surface area contributed by atoms with E-state index in [0.29, 0.717) is 33.8 Å². The fraction of sp³-hybridized carbons (Fsp3) is 0.217. The summed E-state index contributed by atoms with van der Waals surface area (Å²) in [6.07, 6.45) is 0. The second-order valence-corrected chi connectivity index (χ2v) is 14.3. The van der Waals surface area contributed by atoms with Gasteiger partial charge in [0.05, 0.1) is 0 Å². The zero-order chi connectivity index (χ0) is 42.1. The molecule has 56 heavy (non-hydrogen) atoms. The van der Waals surface area contributed by atoms with Gasteiger partial charge < -0.3 is 18.9 Å². The highest BCUT2D eigenvalue weighted by atomic mass is 19.1. The fourth-order valence-corrected chi connectivity index (χ4v) is 4.92. The van der Waals surface area contributed by atoms with Crippen LogP contribution in [0, 0.1) is 11.6 Å². The number of rotatable bonds is 12. The SMILES string of the molecule is C=C(C)C(=O)Oc1ccc(C(C)(C)c2ccc(OC(=O)C(=C)C)c(F)c2)cc1F.C=C(C)C(=O)Oc1ccc(C(C)(C)c2ccc(OC(=O)C(=C)C)cc2)cc1. The molecule has 0 radical (unpaired) electrons. The maximum Gasteiger partial charge on any atom is 0.338 e. The van der Waals surface area contributed by atoms with E-state index in [9.17, 15) is 28.0 Å². The molecular weight excluding hydrogens is 718 g/mol. The lowest BCUT2D eigenvalue weighted by molar-refractivity contribution is -0.131. The molecule has 0 atom stereocenters. The minimum atomic E-state index is -0.782. The third kappa shape index (κ3) is 11.3. The first-order valence-corrected chi connectivity index (χ1v) is 17.4. The highest BCUT2D eigenvalue weighted by Crippen LogP contribution is 2.36. The van der Waals surface area contributed by atoms with Gasteiger partial charge in [-0.2, -0.15) is 0 Å². The molecule has 0 saturated carbocycles. The average Bonchev–Trinajstić information content (AvgIpc) is 3.13. The summed E-state index contributed by atoms with van der Waals surface area (Å²) >= 11 is 0.